The molecule has 1 aliphatic heterocycles. The van der Waals surface area contributed by atoms with Gasteiger partial charge in [-0.15, -0.1) is 11.8 Å². The van der Waals surface area contributed by atoms with E-state index in [-0.39, 0.29) is 11.4 Å². The molecule has 0 saturated carbocycles. The number of carbonyl (C=O) groups excluding carboxylic acids is 1. The van der Waals surface area contributed by atoms with E-state index in [4.69, 9.17) is 4.74 Å². The predicted octanol–water partition coefficient (Wildman–Crippen LogP) is 0.292. The van der Waals surface area contributed by atoms with Crippen molar-refractivity contribution < 1.29 is 14.6 Å². The van der Waals surface area contributed by atoms with Gasteiger partial charge in [-0.3, -0.25) is 10.1 Å². The summed E-state index contributed by atoms with van der Waals surface area (Å²) in [4.78, 5) is 11.3. The van der Waals surface area contributed by atoms with Gasteiger partial charge in [0, 0.05) is 12.3 Å². The fraction of sp³-hybridized carbons (Fsp3) is 0.417. The molecule has 0 bridgehead atoms. The van der Waals surface area contributed by atoms with Crippen LogP contribution < -0.4 is 15.4 Å². The summed E-state index contributed by atoms with van der Waals surface area (Å²) in [5.41, 5.74) is 0.966. The molecule has 6 heteroatoms. The van der Waals surface area contributed by atoms with Crippen LogP contribution in [0.2, 0.25) is 0 Å². The molecule has 2 unspecified atom stereocenters. The maximum Gasteiger partial charge on any atom is 0.252 e. The Morgan fingerprint density at radius 1 is 1.56 bits per heavy atom. The van der Waals surface area contributed by atoms with Crippen molar-refractivity contribution in [3.63, 3.8) is 0 Å². The molecule has 1 aromatic carbocycles. The van der Waals surface area contributed by atoms with Gasteiger partial charge >= 0.3 is 0 Å². The van der Waals surface area contributed by atoms with Gasteiger partial charge in [0.1, 0.15) is 17.4 Å². The summed E-state index contributed by atoms with van der Waals surface area (Å²) in [5, 5.41) is 15.0. The van der Waals surface area contributed by atoms with Crippen molar-refractivity contribution in [1.82, 2.24) is 10.6 Å². The molecular formula is C12H16N2O3S. The standard InChI is InChI=1S/C12H16N2O3S/c1-17-9-4-2-3-8(5-9)7-18-12-13-6-10(15)11(16)14-12/h2-5,10,12-13,15H,6-7H2,1H3,(H,14,16). The fourth-order valence-corrected chi connectivity index (χ4v) is 2.58. The molecule has 0 aromatic heterocycles. The first-order valence-corrected chi connectivity index (χ1v) is 6.70. The molecule has 0 radical (unpaired) electrons. The third-order valence-electron chi connectivity index (χ3n) is 2.62. The lowest BCUT2D eigenvalue weighted by Crippen LogP contribution is -2.57. The Hall–Kier alpha value is -1.24. The first-order chi connectivity index (χ1) is 8.69. The summed E-state index contributed by atoms with van der Waals surface area (Å²) in [6.07, 6.45) is -0.946. The minimum absolute atomic E-state index is 0.160. The molecule has 1 saturated heterocycles. The van der Waals surface area contributed by atoms with E-state index in [1.54, 1.807) is 18.9 Å². The summed E-state index contributed by atoms with van der Waals surface area (Å²) in [6, 6.07) is 7.80. The number of nitrogens with one attached hydrogen (secondary N) is 2. The summed E-state index contributed by atoms with van der Waals surface area (Å²) < 4.78 is 5.15. The number of aliphatic hydroxyl groups excluding tert-OH is 1. The molecule has 5 nitrogen and oxygen atoms in total. The van der Waals surface area contributed by atoms with Crippen LogP contribution in [0.15, 0.2) is 24.3 Å². The number of thioether (sulfide) groups is 1. The molecule has 0 aliphatic carbocycles. The highest BCUT2D eigenvalue weighted by molar-refractivity contribution is 7.99. The van der Waals surface area contributed by atoms with Crippen molar-refractivity contribution >= 4 is 17.7 Å². The maximum atomic E-state index is 11.3. The third-order valence-corrected chi connectivity index (χ3v) is 3.74. The second-order valence-corrected chi connectivity index (χ2v) is 5.07. The zero-order chi connectivity index (χ0) is 13.0. The topological polar surface area (TPSA) is 70.6 Å². The van der Waals surface area contributed by atoms with E-state index in [0.717, 1.165) is 17.1 Å². The number of rotatable bonds is 4. The number of ether oxygens (including phenoxy) is 1. The minimum atomic E-state index is -0.946. The number of benzene rings is 1. The molecule has 0 spiro atoms. The lowest BCUT2D eigenvalue weighted by molar-refractivity contribution is -0.131. The summed E-state index contributed by atoms with van der Waals surface area (Å²) >= 11 is 1.57. The molecule has 3 N–H and O–H groups in total. The van der Waals surface area contributed by atoms with E-state index in [0.29, 0.717) is 6.54 Å². The van der Waals surface area contributed by atoms with Gasteiger partial charge in [0.25, 0.3) is 5.91 Å². The van der Waals surface area contributed by atoms with E-state index < -0.39 is 6.10 Å². The van der Waals surface area contributed by atoms with Crippen molar-refractivity contribution in [2.45, 2.75) is 17.4 Å². The van der Waals surface area contributed by atoms with Gasteiger partial charge in [0.05, 0.1) is 7.11 Å². The summed E-state index contributed by atoms with van der Waals surface area (Å²) in [5.74, 6) is 1.26. The highest BCUT2D eigenvalue weighted by Crippen LogP contribution is 2.20. The zero-order valence-electron chi connectivity index (χ0n) is 10.1. The van der Waals surface area contributed by atoms with Crippen molar-refractivity contribution in [1.29, 1.82) is 0 Å². The van der Waals surface area contributed by atoms with Gasteiger partial charge in [0.2, 0.25) is 0 Å². The summed E-state index contributed by atoms with van der Waals surface area (Å²) in [6.45, 7) is 0.293. The Balaban J connectivity index is 1.86. The molecule has 2 rings (SSSR count). The van der Waals surface area contributed by atoms with Gasteiger partial charge in [0.15, 0.2) is 0 Å². The largest absolute Gasteiger partial charge is 0.497 e. The molecule has 1 aromatic rings. The smallest absolute Gasteiger partial charge is 0.252 e. The molecule has 1 fully saturated rings. The van der Waals surface area contributed by atoms with Crippen LogP contribution in [-0.4, -0.2) is 36.3 Å². The normalized spacial score (nSPS) is 23.6. The maximum absolute atomic E-state index is 11.3. The van der Waals surface area contributed by atoms with Gasteiger partial charge in [-0.2, -0.15) is 0 Å². The van der Waals surface area contributed by atoms with Gasteiger partial charge in [-0.25, -0.2) is 0 Å². The SMILES string of the molecule is COc1cccc(CSC2NCC(O)C(=O)N2)c1. The Morgan fingerprint density at radius 3 is 3.11 bits per heavy atom. The first-order valence-electron chi connectivity index (χ1n) is 5.65. The monoisotopic (exact) mass is 268 g/mol. The van der Waals surface area contributed by atoms with Crippen LogP contribution >= 0.6 is 11.8 Å². The Morgan fingerprint density at radius 2 is 2.39 bits per heavy atom. The number of methoxy groups -OCH3 is 1. The van der Waals surface area contributed by atoms with Crippen molar-refractivity contribution in [2.24, 2.45) is 0 Å². The van der Waals surface area contributed by atoms with Crippen molar-refractivity contribution in [3.05, 3.63) is 29.8 Å². The molecule has 2 atom stereocenters. The zero-order valence-corrected chi connectivity index (χ0v) is 10.9. The van der Waals surface area contributed by atoms with E-state index >= 15 is 0 Å². The highest BCUT2D eigenvalue weighted by Gasteiger charge is 2.25. The molecule has 1 aliphatic rings. The number of aliphatic hydroxyl groups is 1. The second-order valence-electron chi connectivity index (χ2n) is 3.98. The quantitative estimate of drug-likeness (QED) is 0.732. The van der Waals surface area contributed by atoms with E-state index in [1.807, 2.05) is 24.3 Å². The molecule has 1 amide bonds. The van der Waals surface area contributed by atoms with Gasteiger partial charge < -0.3 is 15.2 Å². The molecule has 98 valence electrons. The fourth-order valence-electron chi connectivity index (χ4n) is 1.63. The number of hydrogen-bond donors (Lipinski definition) is 3. The highest BCUT2D eigenvalue weighted by atomic mass is 32.2. The molecule has 18 heavy (non-hydrogen) atoms. The average Bonchev–Trinajstić information content (AvgIpc) is 2.40. The van der Waals surface area contributed by atoms with Crippen LogP contribution in [0.4, 0.5) is 0 Å². The van der Waals surface area contributed by atoms with E-state index in [1.165, 1.54) is 0 Å². The van der Waals surface area contributed by atoms with Crippen molar-refractivity contribution in [2.75, 3.05) is 13.7 Å². The van der Waals surface area contributed by atoms with Crippen LogP contribution in [0, 0.1) is 0 Å². The van der Waals surface area contributed by atoms with Gasteiger partial charge in [-0.1, -0.05) is 12.1 Å². The molecular weight excluding hydrogens is 252 g/mol. The lowest BCUT2D eigenvalue weighted by atomic mass is 10.2. The van der Waals surface area contributed by atoms with Crippen LogP contribution in [0.1, 0.15) is 5.56 Å². The third kappa shape index (κ3) is 3.38. The van der Waals surface area contributed by atoms with Crippen molar-refractivity contribution in [3.8, 4) is 5.75 Å². The minimum Gasteiger partial charge on any atom is -0.497 e. The Labute approximate surface area is 110 Å². The second kappa shape index (κ2) is 6.08. The van der Waals surface area contributed by atoms with Crippen LogP contribution in [0.3, 0.4) is 0 Å². The van der Waals surface area contributed by atoms with Crippen LogP contribution in [0.5, 0.6) is 5.75 Å². The Bertz CT molecular complexity index is 428. The van der Waals surface area contributed by atoms with Crippen LogP contribution in [-0.2, 0) is 10.5 Å². The number of carbonyl (C=O) groups is 1. The number of amides is 1. The molecule has 1 heterocycles. The first kappa shape index (κ1) is 13.2. The number of hydrogen-bond acceptors (Lipinski definition) is 5. The van der Waals surface area contributed by atoms with E-state index in [9.17, 15) is 9.90 Å². The van der Waals surface area contributed by atoms with Crippen LogP contribution in [0.25, 0.3) is 0 Å². The van der Waals surface area contributed by atoms with E-state index in [2.05, 4.69) is 10.6 Å². The predicted molar refractivity (Wildman–Crippen MR) is 70.2 cm³/mol. The Kier molecular flexibility index (Phi) is 4.46. The van der Waals surface area contributed by atoms with Gasteiger partial charge in [-0.05, 0) is 17.7 Å². The lowest BCUT2D eigenvalue weighted by Gasteiger charge is -2.27. The average molecular weight is 268 g/mol. The number of β-amino-alcohol motifs (C(OH)–C–C–N with tert-alkyl or cyclic N) is 1. The summed E-state index contributed by atoms with van der Waals surface area (Å²) in [7, 11) is 1.64.